The van der Waals surface area contributed by atoms with Gasteiger partial charge in [0.2, 0.25) is 0 Å². The van der Waals surface area contributed by atoms with Gasteiger partial charge in [0.25, 0.3) is 5.91 Å². The molecule has 0 radical (unpaired) electrons. The number of hydrogen-bond donors (Lipinski definition) is 2. The van der Waals surface area contributed by atoms with E-state index in [0.717, 1.165) is 20.3 Å². The normalized spacial score (nSPS) is 10.8. The van der Waals surface area contributed by atoms with Crippen LogP contribution >= 0.6 is 27.3 Å². The Kier molecular flexibility index (Phi) is 3.35. The van der Waals surface area contributed by atoms with E-state index in [-0.39, 0.29) is 5.91 Å². The predicted octanol–water partition coefficient (Wildman–Crippen LogP) is 3.32. The van der Waals surface area contributed by atoms with Crippen LogP contribution < -0.4 is 5.32 Å². The monoisotopic (exact) mass is 335 g/mol. The van der Waals surface area contributed by atoms with E-state index in [1.807, 2.05) is 23.6 Å². The van der Waals surface area contributed by atoms with Gasteiger partial charge in [-0.1, -0.05) is 6.07 Å². The first-order valence-corrected chi connectivity index (χ1v) is 7.34. The van der Waals surface area contributed by atoms with E-state index in [0.29, 0.717) is 12.1 Å². The molecule has 0 unspecified atom stereocenters. The number of halogens is 1. The second kappa shape index (κ2) is 5.14. The Morgan fingerprint density at radius 3 is 3.11 bits per heavy atom. The van der Waals surface area contributed by atoms with E-state index in [1.54, 1.807) is 23.6 Å². The zero-order chi connectivity index (χ0) is 13.2. The number of fused-ring (bicyclic) bond motifs is 1. The maximum atomic E-state index is 12.0. The van der Waals surface area contributed by atoms with Crippen LogP contribution in [0.5, 0.6) is 0 Å². The molecule has 4 nitrogen and oxygen atoms in total. The molecule has 0 aliphatic rings. The smallest absolute Gasteiger partial charge is 0.251 e. The van der Waals surface area contributed by atoms with Gasteiger partial charge in [0, 0.05) is 25.7 Å². The Labute approximate surface area is 122 Å². The van der Waals surface area contributed by atoms with Gasteiger partial charge in [0.05, 0.1) is 18.3 Å². The van der Waals surface area contributed by atoms with Gasteiger partial charge in [0.1, 0.15) is 0 Å². The molecule has 19 heavy (non-hydrogen) atoms. The zero-order valence-corrected chi connectivity index (χ0v) is 12.2. The lowest BCUT2D eigenvalue weighted by molar-refractivity contribution is 0.0951. The van der Waals surface area contributed by atoms with Crippen LogP contribution in [-0.2, 0) is 6.54 Å². The van der Waals surface area contributed by atoms with Crippen molar-refractivity contribution in [3.8, 4) is 0 Å². The average Bonchev–Trinajstić information content (AvgIpc) is 3.03. The van der Waals surface area contributed by atoms with Gasteiger partial charge < -0.3 is 5.32 Å². The number of carbonyl (C=O) groups is 1. The van der Waals surface area contributed by atoms with Crippen LogP contribution in [0, 0.1) is 0 Å². The molecule has 3 aromatic rings. The summed E-state index contributed by atoms with van der Waals surface area (Å²) in [6, 6.07) is 7.50. The van der Waals surface area contributed by atoms with Gasteiger partial charge in [0.15, 0.2) is 0 Å². The summed E-state index contributed by atoms with van der Waals surface area (Å²) in [4.78, 5) is 13.2. The number of carbonyl (C=O) groups excluding carboxylic acids is 1. The highest BCUT2D eigenvalue weighted by molar-refractivity contribution is 9.10. The minimum atomic E-state index is -0.0824. The molecule has 2 N–H and O–H groups in total. The highest BCUT2D eigenvalue weighted by Gasteiger charge is 2.07. The molecule has 6 heteroatoms. The Morgan fingerprint density at radius 2 is 2.32 bits per heavy atom. The van der Waals surface area contributed by atoms with Gasteiger partial charge in [-0.2, -0.15) is 5.10 Å². The lowest BCUT2D eigenvalue weighted by Gasteiger charge is -2.03. The molecule has 1 aromatic carbocycles. The minimum absolute atomic E-state index is 0.0824. The molecule has 0 saturated heterocycles. The SMILES string of the molecule is O=C(NCc1cc(Br)cs1)c1ccc2cn[nH]c2c1. The molecule has 96 valence electrons. The van der Waals surface area contributed by atoms with Crippen LogP contribution in [0.15, 0.2) is 40.3 Å². The Bertz CT molecular complexity index is 734. The Hall–Kier alpha value is -1.66. The standard InChI is InChI=1S/C13H10BrN3OS/c14-10-4-11(19-7-10)6-15-13(18)8-1-2-9-5-16-17-12(9)3-8/h1-5,7H,6H2,(H,15,18)(H,16,17). The average molecular weight is 336 g/mol. The van der Waals surface area contributed by atoms with Crippen molar-refractivity contribution in [3.63, 3.8) is 0 Å². The highest BCUT2D eigenvalue weighted by atomic mass is 79.9. The van der Waals surface area contributed by atoms with Gasteiger partial charge in [-0.05, 0) is 34.1 Å². The molecule has 2 aromatic heterocycles. The van der Waals surface area contributed by atoms with E-state index < -0.39 is 0 Å². The first-order chi connectivity index (χ1) is 9.22. The van der Waals surface area contributed by atoms with Gasteiger partial charge in [-0.25, -0.2) is 0 Å². The van der Waals surface area contributed by atoms with Crippen molar-refractivity contribution in [2.24, 2.45) is 0 Å². The van der Waals surface area contributed by atoms with Crippen molar-refractivity contribution < 1.29 is 4.79 Å². The molecule has 0 saturated carbocycles. The van der Waals surface area contributed by atoms with E-state index in [1.165, 1.54) is 0 Å². The molecule has 1 amide bonds. The molecule has 0 aliphatic heterocycles. The van der Waals surface area contributed by atoms with E-state index >= 15 is 0 Å². The van der Waals surface area contributed by atoms with Crippen LogP contribution in [0.25, 0.3) is 10.9 Å². The third-order valence-electron chi connectivity index (χ3n) is 2.75. The molecule has 0 bridgehead atoms. The third kappa shape index (κ3) is 2.69. The summed E-state index contributed by atoms with van der Waals surface area (Å²) < 4.78 is 1.04. The zero-order valence-electron chi connectivity index (χ0n) is 9.81. The van der Waals surface area contributed by atoms with E-state index in [2.05, 4.69) is 31.4 Å². The van der Waals surface area contributed by atoms with E-state index in [9.17, 15) is 4.79 Å². The maximum absolute atomic E-state index is 12.0. The summed E-state index contributed by atoms with van der Waals surface area (Å²) in [6.45, 7) is 0.538. The molecule has 0 spiro atoms. The number of thiophene rings is 1. The summed E-state index contributed by atoms with van der Waals surface area (Å²) in [6.07, 6.45) is 1.74. The van der Waals surface area contributed by atoms with Crippen LogP contribution in [0.2, 0.25) is 0 Å². The van der Waals surface area contributed by atoms with Crippen molar-refractivity contribution >= 4 is 44.1 Å². The molecular formula is C13H10BrN3OS. The summed E-state index contributed by atoms with van der Waals surface area (Å²) in [5.41, 5.74) is 1.50. The topological polar surface area (TPSA) is 57.8 Å². The summed E-state index contributed by atoms with van der Waals surface area (Å²) in [5, 5.41) is 12.7. The van der Waals surface area contributed by atoms with Crippen molar-refractivity contribution in [1.29, 1.82) is 0 Å². The number of H-pyrrole nitrogens is 1. The van der Waals surface area contributed by atoms with Crippen molar-refractivity contribution in [2.45, 2.75) is 6.54 Å². The first kappa shape index (κ1) is 12.4. The molecule has 0 fully saturated rings. The fourth-order valence-corrected chi connectivity index (χ4v) is 3.18. The number of amides is 1. The van der Waals surface area contributed by atoms with Crippen LogP contribution in [-0.4, -0.2) is 16.1 Å². The second-order valence-electron chi connectivity index (χ2n) is 4.09. The number of rotatable bonds is 3. The molecular weight excluding hydrogens is 326 g/mol. The van der Waals surface area contributed by atoms with Gasteiger partial charge >= 0.3 is 0 Å². The molecule has 0 aliphatic carbocycles. The number of benzene rings is 1. The van der Waals surface area contributed by atoms with Crippen molar-refractivity contribution in [3.05, 3.63) is 50.8 Å². The molecule has 2 heterocycles. The lowest BCUT2D eigenvalue weighted by atomic mass is 10.1. The second-order valence-corrected chi connectivity index (χ2v) is 6.00. The summed E-state index contributed by atoms with van der Waals surface area (Å²) >= 11 is 5.01. The Balaban J connectivity index is 1.72. The largest absolute Gasteiger partial charge is 0.347 e. The molecule has 0 atom stereocenters. The lowest BCUT2D eigenvalue weighted by Crippen LogP contribution is -2.22. The number of aromatic amines is 1. The summed E-state index contributed by atoms with van der Waals surface area (Å²) in [7, 11) is 0. The number of hydrogen-bond acceptors (Lipinski definition) is 3. The fourth-order valence-electron chi connectivity index (χ4n) is 1.79. The predicted molar refractivity (Wildman–Crippen MR) is 79.3 cm³/mol. The Morgan fingerprint density at radius 1 is 1.42 bits per heavy atom. The van der Waals surface area contributed by atoms with E-state index in [4.69, 9.17) is 0 Å². The van der Waals surface area contributed by atoms with Crippen LogP contribution in [0.1, 0.15) is 15.2 Å². The first-order valence-electron chi connectivity index (χ1n) is 5.66. The van der Waals surface area contributed by atoms with Crippen LogP contribution in [0.4, 0.5) is 0 Å². The van der Waals surface area contributed by atoms with Gasteiger partial charge in [-0.3, -0.25) is 9.89 Å². The quantitative estimate of drug-likeness (QED) is 0.771. The number of nitrogens with zero attached hydrogens (tertiary/aromatic N) is 1. The van der Waals surface area contributed by atoms with Crippen molar-refractivity contribution in [1.82, 2.24) is 15.5 Å². The minimum Gasteiger partial charge on any atom is -0.347 e. The fraction of sp³-hybridized carbons (Fsp3) is 0.0769. The number of aromatic nitrogens is 2. The third-order valence-corrected chi connectivity index (χ3v) is 4.45. The maximum Gasteiger partial charge on any atom is 0.251 e. The highest BCUT2D eigenvalue weighted by Crippen LogP contribution is 2.19. The van der Waals surface area contributed by atoms with Gasteiger partial charge in [-0.15, -0.1) is 11.3 Å². The summed E-state index contributed by atoms with van der Waals surface area (Å²) in [5.74, 6) is -0.0824. The number of nitrogens with one attached hydrogen (secondary N) is 2. The molecule has 3 rings (SSSR count). The van der Waals surface area contributed by atoms with Crippen molar-refractivity contribution in [2.75, 3.05) is 0 Å². The van der Waals surface area contributed by atoms with Crippen LogP contribution in [0.3, 0.4) is 0 Å².